The normalized spacial score (nSPS) is 11.9. The van der Waals surface area contributed by atoms with Crippen molar-refractivity contribution in [2.24, 2.45) is 0 Å². The van der Waals surface area contributed by atoms with Crippen LogP contribution < -0.4 is 14.4 Å². The van der Waals surface area contributed by atoms with Crippen molar-refractivity contribution in [3.05, 3.63) is 23.8 Å². The first-order chi connectivity index (χ1) is 9.45. The lowest BCUT2D eigenvalue weighted by Crippen LogP contribution is -2.40. The molecule has 0 bridgehead atoms. The van der Waals surface area contributed by atoms with E-state index in [4.69, 9.17) is 4.74 Å². The number of carbonyl (C=O) groups excluding carboxylic acids is 1. The van der Waals surface area contributed by atoms with Gasteiger partial charge in [0.25, 0.3) is 5.91 Å². The van der Waals surface area contributed by atoms with Gasteiger partial charge in [0, 0.05) is 12.6 Å². The summed E-state index contributed by atoms with van der Waals surface area (Å²) in [4.78, 5) is 12.3. The first kappa shape index (κ1) is 17.3. The molecule has 0 radical (unpaired) electrons. The minimum atomic E-state index is -3.39. The predicted octanol–water partition coefficient (Wildman–Crippen LogP) is 1.62. The fourth-order valence-corrected chi connectivity index (χ4v) is 2.17. The molecule has 21 heavy (non-hydrogen) atoms. The molecule has 0 saturated heterocycles. The highest BCUT2D eigenvalue weighted by atomic mass is 32.2. The maximum absolute atomic E-state index is 12.3. The molecule has 1 amide bonds. The van der Waals surface area contributed by atoms with E-state index in [0.717, 1.165) is 10.6 Å². The molecule has 1 N–H and O–H groups in total. The summed E-state index contributed by atoms with van der Waals surface area (Å²) in [6, 6.07) is 4.67. The quantitative estimate of drug-likeness (QED) is 0.916. The summed E-state index contributed by atoms with van der Waals surface area (Å²) in [5.74, 6) is 0.0745. The van der Waals surface area contributed by atoms with Crippen molar-refractivity contribution < 1.29 is 17.9 Å². The molecule has 0 unspecified atom stereocenters. The molecule has 1 aromatic rings. The Morgan fingerprint density at radius 2 is 1.86 bits per heavy atom. The Hall–Kier alpha value is -1.76. The number of nitrogens with zero attached hydrogens (tertiary/aromatic N) is 1. The average Bonchev–Trinajstić information content (AvgIpc) is 2.34. The van der Waals surface area contributed by atoms with E-state index in [1.165, 1.54) is 20.2 Å². The minimum absolute atomic E-state index is 0.292. The van der Waals surface area contributed by atoms with Gasteiger partial charge in [-0.2, -0.15) is 0 Å². The Morgan fingerprint density at radius 1 is 1.29 bits per heavy atom. The van der Waals surface area contributed by atoms with E-state index in [9.17, 15) is 13.2 Å². The lowest BCUT2D eigenvalue weighted by molar-refractivity contribution is 0.0916. The number of carbonyl (C=O) groups is 1. The van der Waals surface area contributed by atoms with Gasteiger partial charge in [0.2, 0.25) is 10.0 Å². The summed E-state index contributed by atoms with van der Waals surface area (Å²) in [5, 5.41) is 2.83. The zero-order valence-corrected chi connectivity index (χ0v) is 14.0. The summed E-state index contributed by atoms with van der Waals surface area (Å²) >= 11 is 0. The molecular formula is C14H22N2O4S. The van der Waals surface area contributed by atoms with Crippen molar-refractivity contribution >= 4 is 21.6 Å². The van der Waals surface area contributed by atoms with Crippen LogP contribution in [0.15, 0.2) is 18.2 Å². The molecule has 0 heterocycles. The Kier molecular flexibility index (Phi) is 4.88. The Balaban J connectivity index is 3.27. The highest BCUT2D eigenvalue weighted by Crippen LogP contribution is 2.26. The van der Waals surface area contributed by atoms with Gasteiger partial charge in [0.1, 0.15) is 5.75 Å². The number of hydrogen-bond acceptors (Lipinski definition) is 4. The van der Waals surface area contributed by atoms with Crippen LogP contribution in [0.1, 0.15) is 31.1 Å². The van der Waals surface area contributed by atoms with Crippen LogP contribution in [0, 0.1) is 0 Å². The fourth-order valence-electron chi connectivity index (χ4n) is 1.67. The highest BCUT2D eigenvalue weighted by Gasteiger charge is 2.21. The van der Waals surface area contributed by atoms with Crippen LogP contribution in [0.25, 0.3) is 0 Å². The van der Waals surface area contributed by atoms with Gasteiger partial charge >= 0.3 is 0 Å². The number of hydrogen-bond donors (Lipinski definition) is 1. The smallest absolute Gasteiger partial charge is 0.255 e. The number of amides is 1. The molecule has 7 heteroatoms. The zero-order chi connectivity index (χ0) is 16.4. The SMILES string of the molecule is COc1ccc(N(C)S(C)(=O)=O)cc1C(=O)NC(C)(C)C. The van der Waals surface area contributed by atoms with Crippen LogP contribution in [0.3, 0.4) is 0 Å². The third-order valence-electron chi connectivity index (χ3n) is 2.78. The minimum Gasteiger partial charge on any atom is -0.496 e. The molecule has 1 rings (SSSR count). The van der Waals surface area contributed by atoms with E-state index in [0.29, 0.717) is 17.0 Å². The zero-order valence-electron chi connectivity index (χ0n) is 13.2. The van der Waals surface area contributed by atoms with Gasteiger partial charge in [0.15, 0.2) is 0 Å². The van der Waals surface area contributed by atoms with Crippen LogP contribution in [-0.2, 0) is 10.0 Å². The van der Waals surface area contributed by atoms with Gasteiger partial charge in [-0.05, 0) is 39.0 Å². The molecule has 0 atom stereocenters. The third-order valence-corrected chi connectivity index (χ3v) is 3.98. The Morgan fingerprint density at radius 3 is 2.29 bits per heavy atom. The number of ether oxygens (including phenoxy) is 1. The van der Waals surface area contributed by atoms with Crippen molar-refractivity contribution in [1.82, 2.24) is 5.32 Å². The van der Waals surface area contributed by atoms with E-state index in [1.54, 1.807) is 12.1 Å². The van der Waals surface area contributed by atoms with Crippen LogP contribution in [0.2, 0.25) is 0 Å². The summed E-state index contributed by atoms with van der Waals surface area (Å²) in [5.41, 5.74) is 0.290. The summed E-state index contributed by atoms with van der Waals surface area (Å²) in [6.45, 7) is 5.59. The number of rotatable bonds is 4. The monoisotopic (exact) mass is 314 g/mol. The van der Waals surface area contributed by atoms with Gasteiger partial charge in [-0.1, -0.05) is 0 Å². The lowest BCUT2D eigenvalue weighted by Gasteiger charge is -2.22. The highest BCUT2D eigenvalue weighted by molar-refractivity contribution is 7.92. The topological polar surface area (TPSA) is 75.7 Å². The molecule has 1 aromatic carbocycles. The maximum Gasteiger partial charge on any atom is 0.255 e. The molecule has 0 saturated carbocycles. The van der Waals surface area contributed by atoms with E-state index >= 15 is 0 Å². The van der Waals surface area contributed by atoms with Gasteiger partial charge in [0.05, 0.1) is 24.6 Å². The fraction of sp³-hybridized carbons (Fsp3) is 0.500. The molecule has 0 fully saturated rings. The van der Waals surface area contributed by atoms with Crippen molar-refractivity contribution in [2.45, 2.75) is 26.3 Å². The summed E-state index contributed by atoms with van der Waals surface area (Å²) in [6.07, 6.45) is 1.10. The number of nitrogens with one attached hydrogen (secondary N) is 1. The Labute approximate surface area is 126 Å². The molecular weight excluding hydrogens is 292 g/mol. The second-order valence-electron chi connectivity index (χ2n) is 5.82. The lowest BCUT2D eigenvalue weighted by atomic mass is 10.1. The number of sulfonamides is 1. The summed E-state index contributed by atoms with van der Waals surface area (Å²) in [7, 11) is -0.498. The Bertz CT molecular complexity index is 633. The third kappa shape index (κ3) is 4.63. The largest absolute Gasteiger partial charge is 0.496 e. The second-order valence-corrected chi connectivity index (χ2v) is 7.83. The van der Waals surface area contributed by atoms with E-state index in [-0.39, 0.29) is 5.91 Å². The van der Waals surface area contributed by atoms with Crippen LogP contribution in [0.5, 0.6) is 5.75 Å². The van der Waals surface area contributed by atoms with Crippen molar-refractivity contribution in [3.8, 4) is 5.75 Å². The summed E-state index contributed by atoms with van der Waals surface area (Å²) < 4.78 is 29.5. The first-order valence-corrected chi connectivity index (χ1v) is 8.25. The number of methoxy groups -OCH3 is 1. The standard InChI is InChI=1S/C14H22N2O4S/c1-14(2,3)15-13(17)11-9-10(7-8-12(11)20-5)16(4)21(6,18)19/h7-9H,1-6H3,(H,15,17). The molecule has 0 aliphatic rings. The molecule has 0 aliphatic heterocycles. The van der Waals surface area contributed by atoms with Gasteiger partial charge in [-0.25, -0.2) is 8.42 Å². The second kappa shape index (κ2) is 5.93. The van der Waals surface area contributed by atoms with Crippen molar-refractivity contribution in [1.29, 1.82) is 0 Å². The van der Waals surface area contributed by atoms with Crippen LogP contribution >= 0.6 is 0 Å². The number of benzene rings is 1. The van der Waals surface area contributed by atoms with Gasteiger partial charge in [-0.15, -0.1) is 0 Å². The number of anilines is 1. The van der Waals surface area contributed by atoms with Gasteiger partial charge < -0.3 is 10.1 Å². The van der Waals surface area contributed by atoms with E-state index in [1.807, 2.05) is 20.8 Å². The van der Waals surface area contributed by atoms with Crippen molar-refractivity contribution in [3.63, 3.8) is 0 Å². The van der Waals surface area contributed by atoms with Crippen LogP contribution in [-0.4, -0.2) is 40.3 Å². The molecule has 118 valence electrons. The molecule has 0 aliphatic carbocycles. The average molecular weight is 314 g/mol. The maximum atomic E-state index is 12.3. The van der Waals surface area contributed by atoms with E-state index in [2.05, 4.69) is 5.32 Å². The molecule has 0 aromatic heterocycles. The molecule has 6 nitrogen and oxygen atoms in total. The van der Waals surface area contributed by atoms with Crippen molar-refractivity contribution in [2.75, 3.05) is 24.7 Å². The van der Waals surface area contributed by atoms with E-state index < -0.39 is 15.6 Å². The van der Waals surface area contributed by atoms with Gasteiger partial charge in [-0.3, -0.25) is 9.10 Å². The molecule has 0 spiro atoms. The first-order valence-electron chi connectivity index (χ1n) is 6.40. The van der Waals surface area contributed by atoms with Crippen LogP contribution in [0.4, 0.5) is 5.69 Å². The predicted molar refractivity (Wildman–Crippen MR) is 83.5 cm³/mol.